The highest BCUT2D eigenvalue weighted by atomic mass is 16.6. The van der Waals surface area contributed by atoms with Gasteiger partial charge in [-0.3, -0.25) is 0 Å². The third-order valence-electron chi connectivity index (χ3n) is 3.63. The fourth-order valence-electron chi connectivity index (χ4n) is 2.63. The first kappa shape index (κ1) is 16.6. The van der Waals surface area contributed by atoms with E-state index in [1.807, 2.05) is 49.9 Å². The van der Waals surface area contributed by atoms with E-state index in [0.29, 0.717) is 6.54 Å². The molecule has 1 atom stereocenters. The number of carbonyl (C=O) groups excluding carboxylic acids is 1. The molecular weight excluding hydrogens is 280 g/mol. The molecule has 22 heavy (non-hydrogen) atoms. The summed E-state index contributed by atoms with van der Waals surface area (Å²) in [6, 6.07) is 8.00. The first-order valence-corrected chi connectivity index (χ1v) is 7.73. The van der Waals surface area contributed by atoms with Crippen molar-refractivity contribution in [1.82, 2.24) is 10.2 Å². The molecule has 5 heteroatoms. The van der Waals surface area contributed by atoms with Gasteiger partial charge in [-0.15, -0.1) is 0 Å². The second-order valence-electron chi connectivity index (χ2n) is 6.55. The number of para-hydroxylation sites is 1. The number of nitrogens with one attached hydrogen (secondary N) is 1. The monoisotopic (exact) mass is 306 g/mol. The molecule has 5 nitrogen and oxygen atoms in total. The molecule has 1 aliphatic heterocycles. The van der Waals surface area contributed by atoms with Gasteiger partial charge in [-0.05, 0) is 38.8 Å². The van der Waals surface area contributed by atoms with Gasteiger partial charge >= 0.3 is 6.09 Å². The van der Waals surface area contributed by atoms with Gasteiger partial charge in [0.25, 0.3) is 0 Å². The van der Waals surface area contributed by atoms with E-state index in [9.17, 15) is 4.79 Å². The van der Waals surface area contributed by atoms with Crippen molar-refractivity contribution in [2.75, 3.05) is 26.7 Å². The zero-order chi connectivity index (χ0) is 16.2. The lowest BCUT2D eigenvalue weighted by atomic mass is 10.0. The number of hydrogen-bond donors (Lipinski definition) is 1. The van der Waals surface area contributed by atoms with Gasteiger partial charge in [-0.2, -0.15) is 0 Å². The van der Waals surface area contributed by atoms with E-state index in [1.54, 1.807) is 7.11 Å². The molecule has 1 unspecified atom stereocenters. The molecule has 0 radical (unpaired) electrons. The molecule has 1 amide bonds. The molecule has 0 bridgehead atoms. The highest BCUT2D eigenvalue weighted by molar-refractivity contribution is 5.69. The van der Waals surface area contributed by atoms with Gasteiger partial charge in [0.1, 0.15) is 11.4 Å². The van der Waals surface area contributed by atoms with Gasteiger partial charge in [0.05, 0.1) is 13.2 Å². The number of nitrogens with zero attached hydrogens (tertiary/aromatic N) is 1. The highest BCUT2D eigenvalue weighted by Crippen LogP contribution is 2.22. The molecular formula is C17H26N2O3. The van der Waals surface area contributed by atoms with E-state index >= 15 is 0 Å². The molecule has 2 rings (SSSR count). The van der Waals surface area contributed by atoms with Crippen LogP contribution in [0.15, 0.2) is 24.3 Å². The van der Waals surface area contributed by atoms with Gasteiger partial charge in [0, 0.05) is 19.6 Å². The molecule has 122 valence electrons. The minimum Gasteiger partial charge on any atom is -0.496 e. The summed E-state index contributed by atoms with van der Waals surface area (Å²) in [4.78, 5) is 14.2. The first-order chi connectivity index (χ1) is 10.4. The molecule has 1 aromatic carbocycles. The maximum absolute atomic E-state index is 12.4. The standard InChI is InChI=1S/C17H26N2O3/c1-17(2,3)22-16(20)19-10-9-18-12-14(19)11-13-7-5-6-8-15(13)21-4/h5-8,14,18H,9-12H2,1-4H3. The lowest BCUT2D eigenvalue weighted by Crippen LogP contribution is -2.55. The summed E-state index contributed by atoms with van der Waals surface area (Å²) in [5.74, 6) is 0.859. The lowest BCUT2D eigenvalue weighted by Gasteiger charge is -2.37. The lowest BCUT2D eigenvalue weighted by molar-refractivity contribution is 0.0121. The first-order valence-electron chi connectivity index (χ1n) is 7.73. The Labute approximate surface area is 132 Å². The Morgan fingerprint density at radius 1 is 1.36 bits per heavy atom. The Bertz CT molecular complexity index is 511. The van der Waals surface area contributed by atoms with Gasteiger partial charge in [0.15, 0.2) is 0 Å². The van der Waals surface area contributed by atoms with Crippen molar-refractivity contribution in [1.29, 1.82) is 0 Å². The van der Waals surface area contributed by atoms with Crippen LogP contribution < -0.4 is 10.1 Å². The van der Waals surface area contributed by atoms with Gasteiger partial charge in [-0.25, -0.2) is 4.79 Å². The van der Waals surface area contributed by atoms with Crippen molar-refractivity contribution in [3.05, 3.63) is 29.8 Å². The molecule has 1 fully saturated rings. The second-order valence-corrected chi connectivity index (χ2v) is 6.55. The molecule has 1 heterocycles. The van der Waals surface area contributed by atoms with Gasteiger partial charge in [-0.1, -0.05) is 18.2 Å². The summed E-state index contributed by atoms with van der Waals surface area (Å²) in [6.45, 7) is 7.89. The van der Waals surface area contributed by atoms with Crippen LogP contribution in [-0.4, -0.2) is 49.4 Å². The second kappa shape index (κ2) is 7.01. The molecule has 1 saturated heterocycles. The van der Waals surface area contributed by atoms with Crippen LogP contribution in [0, 0.1) is 0 Å². The fraction of sp³-hybridized carbons (Fsp3) is 0.588. The van der Waals surface area contributed by atoms with Crippen molar-refractivity contribution in [3.8, 4) is 5.75 Å². The van der Waals surface area contributed by atoms with Crippen molar-refractivity contribution in [3.63, 3.8) is 0 Å². The normalized spacial score (nSPS) is 18.9. The quantitative estimate of drug-likeness (QED) is 0.932. The van der Waals surface area contributed by atoms with Crippen LogP contribution in [-0.2, 0) is 11.2 Å². The van der Waals surface area contributed by atoms with Crippen molar-refractivity contribution >= 4 is 6.09 Å². The van der Waals surface area contributed by atoms with Crippen LogP contribution in [0.5, 0.6) is 5.75 Å². The zero-order valence-corrected chi connectivity index (χ0v) is 13.9. The summed E-state index contributed by atoms with van der Waals surface area (Å²) in [5, 5.41) is 3.35. The average Bonchev–Trinajstić information content (AvgIpc) is 2.46. The number of methoxy groups -OCH3 is 1. The molecule has 0 spiro atoms. The predicted molar refractivity (Wildman–Crippen MR) is 86.3 cm³/mol. The molecule has 0 aromatic heterocycles. The Kier molecular flexibility index (Phi) is 5.29. The van der Waals surface area contributed by atoms with Crippen LogP contribution in [0.4, 0.5) is 4.79 Å². The number of hydrogen-bond acceptors (Lipinski definition) is 4. The third kappa shape index (κ3) is 4.37. The largest absolute Gasteiger partial charge is 0.496 e. The summed E-state index contributed by atoms with van der Waals surface area (Å²) in [5.41, 5.74) is 0.629. The number of piperazine rings is 1. The molecule has 0 saturated carbocycles. The van der Waals surface area contributed by atoms with Crippen LogP contribution >= 0.6 is 0 Å². The van der Waals surface area contributed by atoms with E-state index in [0.717, 1.165) is 30.8 Å². The van der Waals surface area contributed by atoms with Gasteiger partial charge in [0.2, 0.25) is 0 Å². The summed E-state index contributed by atoms with van der Waals surface area (Å²) in [7, 11) is 1.67. The summed E-state index contributed by atoms with van der Waals surface area (Å²) >= 11 is 0. The van der Waals surface area contributed by atoms with Crippen LogP contribution in [0.2, 0.25) is 0 Å². The van der Waals surface area contributed by atoms with Crippen molar-refractivity contribution < 1.29 is 14.3 Å². The Morgan fingerprint density at radius 3 is 2.77 bits per heavy atom. The predicted octanol–water partition coefficient (Wildman–Crippen LogP) is 2.45. The number of amides is 1. The number of rotatable bonds is 3. The van der Waals surface area contributed by atoms with Crippen molar-refractivity contribution in [2.24, 2.45) is 0 Å². The van der Waals surface area contributed by atoms with E-state index in [4.69, 9.17) is 9.47 Å². The van der Waals surface area contributed by atoms with Crippen LogP contribution in [0.1, 0.15) is 26.3 Å². The van der Waals surface area contributed by atoms with E-state index in [1.165, 1.54) is 0 Å². The average molecular weight is 306 g/mol. The SMILES string of the molecule is COc1ccccc1CC1CNCCN1C(=O)OC(C)(C)C. The number of carbonyl (C=O) groups is 1. The third-order valence-corrected chi connectivity index (χ3v) is 3.63. The molecule has 1 aliphatic rings. The zero-order valence-electron chi connectivity index (χ0n) is 13.9. The maximum atomic E-state index is 12.4. The molecule has 0 aliphatic carbocycles. The summed E-state index contributed by atoms with van der Waals surface area (Å²) < 4.78 is 10.9. The topological polar surface area (TPSA) is 50.8 Å². The van der Waals surface area contributed by atoms with E-state index in [-0.39, 0.29) is 12.1 Å². The Hall–Kier alpha value is -1.75. The van der Waals surface area contributed by atoms with E-state index < -0.39 is 5.60 Å². The summed E-state index contributed by atoms with van der Waals surface area (Å²) in [6.07, 6.45) is 0.505. The Balaban J connectivity index is 2.11. The fourth-order valence-corrected chi connectivity index (χ4v) is 2.63. The minimum absolute atomic E-state index is 0.0694. The number of ether oxygens (including phenoxy) is 2. The van der Waals surface area contributed by atoms with Crippen molar-refractivity contribution in [2.45, 2.75) is 38.8 Å². The van der Waals surface area contributed by atoms with Gasteiger partial charge < -0.3 is 19.7 Å². The Morgan fingerprint density at radius 2 is 2.09 bits per heavy atom. The molecule has 1 aromatic rings. The van der Waals surface area contributed by atoms with Crippen LogP contribution in [0.3, 0.4) is 0 Å². The highest BCUT2D eigenvalue weighted by Gasteiger charge is 2.30. The minimum atomic E-state index is -0.475. The maximum Gasteiger partial charge on any atom is 0.410 e. The van der Waals surface area contributed by atoms with Crippen LogP contribution in [0.25, 0.3) is 0 Å². The smallest absolute Gasteiger partial charge is 0.410 e. The molecule has 1 N–H and O–H groups in total. The number of benzene rings is 1. The van der Waals surface area contributed by atoms with E-state index in [2.05, 4.69) is 5.32 Å².